The van der Waals surface area contributed by atoms with Gasteiger partial charge >= 0.3 is 5.97 Å². The molecule has 1 aliphatic carbocycles. The average Bonchev–Trinajstić information content (AvgIpc) is 2.81. The Labute approximate surface area is 151 Å². The molecule has 25 heavy (non-hydrogen) atoms. The molecule has 2 atom stereocenters. The lowest BCUT2D eigenvalue weighted by Crippen LogP contribution is -2.47. The Balaban J connectivity index is 1.56. The molecule has 1 amide bonds. The maximum absolute atomic E-state index is 13.2. The number of carbonyl (C=O) groups excluding carboxylic acids is 1. The van der Waals surface area contributed by atoms with Crippen LogP contribution >= 0.6 is 11.3 Å². The maximum atomic E-state index is 13.2. The molecular formula is C18H24N2O4S. The van der Waals surface area contributed by atoms with Gasteiger partial charge in [-0.1, -0.05) is 0 Å². The summed E-state index contributed by atoms with van der Waals surface area (Å²) in [4.78, 5) is 29.7. The highest BCUT2D eigenvalue weighted by molar-refractivity contribution is 7.10. The predicted octanol–water partition coefficient (Wildman–Crippen LogP) is 1.48. The minimum atomic E-state index is -0.822. The molecule has 7 heteroatoms. The van der Waals surface area contributed by atoms with Crippen LogP contribution in [0.15, 0.2) is 5.38 Å². The Hall–Kier alpha value is -1.44. The Morgan fingerprint density at radius 1 is 1.20 bits per heavy atom. The van der Waals surface area contributed by atoms with E-state index in [2.05, 4.69) is 0 Å². The highest BCUT2D eigenvalue weighted by Gasteiger charge is 2.36. The summed E-state index contributed by atoms with van der Waals surface area (Å²) < 4.78 is 5.71. The molecule has 0 unspecified atom stereocenters. The van der Waals surface area contributed by atoms with Crippen LogP contribution in [-0.4, -0.2) is 72.2 Å². The average molecular weight is 364 g/mol. The van der Waals surface area contributed by atoms with Gasteiger partial charge in [-0.05, 0) is 31.2 Å². The van der Waals surface area contributed by atoms with Crippen molar-refractivity contribution in [3.05, 3.63) is 21.4 Å². The Morgan fingerprint density at radius 3 is 2.88 bits per heavy atom. The minimum Gasteiger partial charge on any atom is -0.480 e. The van der Waals surface area contributed by atoms with Gasteiger partial charge in [0.05, 0.1) is 31.4 Å². The lowest BCUT2D eigenvalue weighted by Gasteiger charge is -2.30. The smallest absolute Gasteiger partial charge is 0.317 e. The van der Waals surface area contributed by atoms with Gasteiger partial charge in [0, 0.05) is 35.8 Å². The van der Waals surface area contributed by atoms with Crippen molar-refractivity contribution in [1.29, 1.82) is 0 Å². The highest BCUT2D eigenvalue weighted by atomic mass is 32.1. The molecule has 1 aromatic heterocycles. The Bertz CT molecular complexity index is 674. The Kier molecular flexibility index (Phi) is 4.80. The van der Waals surface area contributed by atoms with E-state index in [9.17, 15) is 14.7 Å². The van der Waals surface area contributed by atoms with Gasteiger partial charge in [0.15, 0.2) is 0 Å². The third-order valence-electron chi connectivity index (χ3n) is 5.50. The summed E-state index contributed by atoms with van der Waals surface area (Å²) in [5.74, 6) is -0.531. The molecule has 2 bridgehead atoms. The van der Waals surface area contributed by atoms with Crippen LogP contribution in [-0.2, 0) is 22.4 Å². The molecule has 3 heterocycles. The number of aliphatic carboxylic acids is 1. The molecular weight excluding hydrogens is 340 g/mol. The number of fused-ring (bicyclic) bond motifs is 4. The van der Waals surface area contributed by atoms with Gasteiger partial charge < -0.3 is 14.7 Å². The monoisotopic (exact) mass is 364 g/mol. The van der Waals surface area contributed by atoms with Crippen LogP contribution in [0.3, 0.4) is 0 Å². The summed E-state index contributed by atoms with van der Waals surface area (Å²) in [7, 11) is 0. The van der Waals surface area contributed by atoms with Crippen LogP contribution in [0.2, 0.25) is 0 Å². The number of carbonyl (C=O) groups is 2. The molecule has 4 rings (SSSR count). The number of carboxylic acid groups (broad SMARTS) is 1. The zero-order valence-electron chi connectivity index (χ0n) is 14.3. The van der Waals surface area contributed by atoms with Gasteiger partial charge in [0.2, 0.25) is 0 Å². The van der Waals surface area contributed by atoms with Crippen molar-refractivity contribution < 1.29 is 19.4 Å². The first kappa shape index (κ1) is 17.0. The van der Waals surface area contributed by atoms with E-state index in [1.165, 1.54) is 16.9 Å². The van der Waals surface area contributed by atoms with Gasteiger partial charge in [0.1, 0.15) is 0 Å². The van der Waals surface area contributed by atoms with Gasteiger partial charge in [-0.15, -0.1) is 11.3 Å². The van der Waals surface area contributed by atoms with Crippen LogP contribution in [0, 0.1) is 5.92 Å². The van der Waals surface area contributed by atoms with E-state index in [1.54, 1.807) is 11.3 Å². The molecule has 6 nitrogen and oxygen atoms in total. The summed E-state index contributed by atoms with van der Waals surface area (Å²) in [6.07, 6.45) is 4.49. The Morgan fingerprint density at radius 2 is 2.04 bits per heavy atom. The van der Waals surface area contributed by atoms with Crippen molar-refractivity contribution in [1.82, 2.24) is 9.80 Å². The van der Waals surface area contributed by atoms with Crippen molar-refractivity contribution in [2.45, 2.75) is 31.7 Å². The molecule has 0 saturated carbocycles. The zero-order chi connectivity index (χ0) is 17.4. The van der Waals surface area contributed by atoms with E-state index in [0.29, 0.717) is 32.8 Å². The van der Waals surface area contributed by atoms with E-state index in [1.807, 2.05) is 15.2 Å². The maximum Gasteiger partial charge on any atom is 0.317 e. The zero-order valence-corrected chi connectivity index (χ0v) is 15.1. The number of ether oxygens (including phenoxy) is 1. The predicted molar refractivity (Wildman–Crippen MR) is 94.2 cm³/mol. The lowest BCUT2D eigenvalue weighted by molar-refractivity contribution is -0.139. The quantitative estimate of drug-likeness (QED) is 0.880. The minimum absolute atomic E-state index is 0.0143. The lowest BCUT2D eigenvalue weighted by atomic mass is 9.95. The number of amides is 1. The number of hydrogen-bond acceptors (Lipinski definition) is 5. The van der Waals surface area contributed by atoms with Crippen LogP contribution in [0.1, 0.15) is 33.6 Å². The number of hydrogen-bond donors (Lipinski definition) is 1. The first-order valence-corrected chi connectivity index (χ1v) is 9.92. The molecule has 1 N–H and O–H groups in total. The first-order chi connectivity index (χ1) is 12.1. The third-order valence-corrected chi connectivity index (χ3v) is 6.59. The molecule has 0 radical (unpaired) electrons. The second-order valence-corrected chi connectivity index (χ2v) is 8.31. The third kappa shape index (κ3) is 3.45. The van der Waals surface area contributed by atoms with Crippen LogP contribution < -0.4 is 0 Å². The normalized spacial score (nSPS) is 26.8. The summed E-state index contributed by atoms with van der Waals surface area (Å²) in [6, 6.07) is -0.0398. The van der Waals surface area contributed by atoms with E-state index >= 15 is 0 Å². The van der Waals surface area contributed by atoms with E-state index in [4.69, 9.17) is 4.74 Å². The number of nitrogens with zero attached hydrogens (tertiary/aromatic N) is 2. The molecule has 2 saturated heterocycles. The molecule has 3 aliphatic rings. The largest absolute Gasteiger partial charge is 0.480 e. The SMILES string of the molecule is O=C(O)CN1C[C@H]2COC[C@@H]1CN(C(=O)c1csc3c1CCCC3)C2. The molecule has 0 aromatic carbocycles. The number of aryl methyl sites for hydroxylation is 1. The van der Waals surface area contributed by atoms with Crippen molar-refractivity contribution in [3.8, 4) is 0 Å². The van der Waals surface area contributed by atoms with Crippen molar-refractivity contribution in [2.75, 3.05) is 39.4 Å². The fraction of sp³-hybridized carbons (Fsp3) is 0.667. The molecule has 2 fully saturated rings. The molecule has 1 aromatic rings. The van der Waals surface area contributed by atoms with Gasteiger partial charge in [0.25, 0.3) is 5.91 Å². The molecule has 2 aliphatic heterocycles. The van der Waals surface area contributed by atoms with Crippen molar-refractivity contribution in [3.63, 3.8) is 0 Å². The van der Waals surface area contributed by atoms with Crippen LogP contribution in [0.5, 0.6) is 0 Å². The van der Waals surface area contributed by atoms with Crippen LogP contribution in [0.25, 0.3) is 0 Å². The standard InChI is InChI=1S/C18H24N2O4S/c21-17(22)8-19-5-12-6-20(7-13(19)10-24-9-12)18(23)15-11-25-16-4-2-1-3-14(15)16/h11-13H,1-10H2,(H,21,22)/t12-,13+/m1/s1. The van der Waals surface area contributed by atoms with Crippen molar-refractivity contribution in [2.24, 2.45) is 5.92 Å². The number of rotatable bonds is 3. The van der Waals surface area contributed by atoms with Gasteiger partial charge in [-0.3, -0.25) is 14.5 Å². The first-order valence-electron chi connectivity index (χ1n) is 9.04. The van der Waals surface area contributed by atoms with Crippen molar-refractivity contribution >= 4 is 23.2 Å². The topological polar surface area (TPSA) is 70.1 Å². The van der Waals surface area contributed by atoms with E-state index in [-0.39, 0.29) is 24.4 Å². The van der Waals surface area contributed by atoms with E-state index < -0.39 is 5.97 Å². The number of carboxylic acids is 1. The van der Waals surface area contributed by atoms with Gasteiger partial charge in [-0.2, -0.15) is 0 Å². The molecule has 0 spiro atoms. The second kappa shape index (κ2) is 7.05. The van der Waals surface area contributed by atoms with Gasteiger partial charge in [-0.25, -0.2) is 0 Å². The van der Waals surface area contributed by atoms with E-state index in [0.717, 1.165) is 24.8 Å². The second-order valence-electron chi connectivity index (χ2n) is 7.35. The summed E-state index contributed by atoms with van der Waals surface area (Å²) in [5.41, 5.74) is 2.14. The number of thiophene rings is 1. The van der Waals surface area contributed by atoms with Crippen LogP contribution in [0.4, 0.5) is 0 Å². The highest BCUT2D eigenvalue weighted by Crippen LogP contribution is 2.32. The summed E-state index contributed by atoms with van der Waals surface area (Å²) >= 11 is 1.72. The summed E-state index contributed by atoms with van der Waals surface area (Å²) in [6.45, 7) is 2.99. The fourth-order valence-electron chi connectivity index (χ4n) is 4.31. The summed E-state index contributed by atoms with van der Waals surface area (Å²) in [5, 5.41) is 11.2. The fourth-order valence-corrected chi connectivity index (χ4v) is 5.43. The molecule has 136 valence electrons.